The van der Waals surface area contributed by atoms with Crippen LogP contribution in [0.4, 0.5) is 0 Å². The summed E-state index contributed by atoms with van der Waals surface area (Å²) < 4.78 is 16.7. The molecule has 0 bridgehead atoms. The number of nitrogens with two attached hydrogens (primary N) is 1. The Bertz CT molecular complexity index is 992. The van der Waals surface area contributed by atoms with Crippen molar-refractivity contribution in [2.24, 2.45) is 5.73 Å². The van der Waals surface area contributed by atoms with Crippen molar-refractivity contribution in [3.05, 3.63) is 53.1 Å². The summed E-state index contributed by atoms with van der Waals surface area (Å²) >= 11 is 0. The van der Waals surface area contributed by atoms with Gasteiger partial charge in [-0.25, -0.2) is 0 Å². The van der Waals surface area contributed by atoms with Gasteiger partial charge >= 0.3 is 0 Å². The number of hydrogen-bond donors (Lipinski definition) is 1. The number of benzene rings is 2. The average molecular weight is 456 g/mol. The van der Waals surface area contributed by atoms with Crippen molar-refractivity contribution in [1.82, 2.24) is 9.80 Å². The third kappa shape index (κ3) is 5.29. The first kappa shape index (κ1) is 24.5. The highest BCUT2D eigenvalue weighted by molar-refractivity contribution is 6.22. The third-order valence-corrected chi connectivity index (χ3v) is 5.70. The molecule has 2 amide bonds. The molecule has 0 fully saturated rings. The van der Waals surface area contributed by atoms with Crippen molar-refractivity contribution in [1.29, 1.82) is 0 Å². The summed E-state index contributed by atoms with van der Waals surface area (Å²) in [7, 11) is 7.11. The smallest absolute Gasteiger partial charge is 0.265 e. The Morgan fingerprint density at radius 2 is 1.73 bits per heavy atom. The summed E-state index contributed by atoms with van der Waals surface area (Å²) in [6.07, 6.45) is 2.00. The van der Waals surface area contributed by atoms with Crippen LogP contribution in [0, 0.1) is 0 Å². The number of fused-ring (bicyclic) bond motifs is 1. The van der Waals surface area contributed by atoms with Crippen LogP contribution in [0.15, 0.2) is 36.4 Å². The number of imide groups is 1. The van der Waals surface area contributed by atoms with E-state index in [0.29, 0.717) is 54.4 Å². The van der Waals surface area contributed by atoms with Crippen LogP contribution in [0.25, 0.3) is 0 Å². The van der Waals surface area contributed by atoms with Gasteiger partial charge in [0.2, 0.25) is 0 Å². The van der Waals surface area contributed by atoms with Crippen molar-refractivity contribution in [3.8, 4) is 17.2 Å². The molecule has 8 nitrogen and oxygen atoms in total. The number of carbonyl (C=O) groups is 2. The van der Waals surface area contributed by atoms with Crippen molar-refractivity contribution in [3.63, 3.8) is 0 Å². The summed E-state index contributed by atoms with van der Waals surface area (Å²) in [5, 5.41) is 0. The van der Waals surface area contributed by atoms with E-state index in [-0.39, 0.29) is 11.8 Å². The highest BCUT2D eigenvalue weighted by atomic mass is 16.5. The fraction of sp³-hybridized carbons (Fsp3) is 0.440. The van der Waals surface area contributed by atoms with Gasteiger partial charge in [0.1, 0.15) is 5.75 Å². The van der Waals surface area contributed by atoms with Gasteiger partial charge in [0, 0.05) is 6.54 Å². The third-order valence-electron chi connectivity index (χ3n) is 5.70. The second kappa shape index (κ2) is 11.2. The maximum atomic E-state index is 13.6. The molecule has 1 aliphatic rings. The normalized spacial score (nSPS) is 13.9. The Hall–Kier alpha value is -3.10. The largest absolute Gasteiger partial charge is 0.493 e. The Balaban J connectivity index is 1.93. The van der Waals surface area contributed by atoms with Crippen LogP contribution in [0.3, 0.4) is 0 Å². The molecule has 178 valence electrons. The molecule has 0 radical (unpaired) electrons. The highest BCUT2D eigenvalue weighted by Gasteiger charge is 2.42. The van der Waals surface area contributed by atoms with Crippen molar-refractivity contribution in [2.45, 2.75) is 25.3 Å². The minimum Gasteiger partial charge on any atom is -0.493 e. The van der Waals surface area contributed by atoms with E-state index < -0.39 is 6.04 Å². The van der Waals surface area contributed by atoms with Crippen LogP contribution in [0.1, 0.15) is 51.6 Å². The standard InChI is InChI=1S/C25H33N3O5/c1-27(2)14-7-15-33-21-10-5-8-18-23(21)25(30)28(24(18)29)19(9-6-13-26)17-11-12-20(31-3)22(16-17)32-4/h5,8,10-12,16,19H,6-7,9,13-15,26H2,1-4H3. The number of methoxy groups -OCH3 is 2. The Labute approximate surface area is 195 Å². The molecule has 0 aliphatic carbocycles. The average Bonchev–Trinajstić information content (AvgIpc) is 3.07. The monoisotopic (exact) mass is 455 g/mol. The molecule has 1 heterocycles. The molecule has 0 spiro atoms. The quantitative estimate of drug-likeness (QED) is 0.388. The second-order valence-electron chi connectivity index (χ2n) is 8.23. The molecule has 2 aromatic rings. The van der Waals surface area contributed by atoms with Crippen LogP contribution in [0.2, 0.25) is 0 Å². The van der Waals surface area contributed by atoms with Gasteiger partial charge < -0.3 is 24.8 Å². The minimum atomic E-state index is -0.484. The second-order valence-corrected chi connectivity index (χ2v) is 8.23. The van der Waals surface area contributed by atoms with Crippen molar-refractivity contribution in [2.75, 3.05) is 48.0 Å². The molecule has 0 saturated heterocycles. The number of hydrogen-bond acceptors (Lipinski definition) is 7. The lowest BCUT2D eigenvalue weighted by molar-refractivity contribution is 0.0571. The predicted molar refractivity (Wildman–Crippen MR) is 126 cm³/mol. The van der Waals surface area contributed by atoms with Crippen LogP contribution < -0.4 is 19.9 Å². The van der Waals surface area contributed by atoms with Crippen LogP contribution >= 0.6 is 0 Å². The van der Waals surface area contributed by atoms with E-state index in [0.717, 1.165) is 18.5 Å². The first-order valence-corrected chi connectivity index (χ1v) is 11.1. The van der Waals surface area contributed by atoms with Crippen LogP contribution in [-0.2, 0) is 0 Å². The maximum Gasteiger partial charge on any atom is 0.265 e. The topological polar surface area (TPSA) is 94.3 Å². The molecular weight excluding hydrogens is 422 g/mol. The van der Waals surface area contributed by atoms with Gasteiger partial charge in [0.25, 0.3) is 11.8 Å². The van der Waals surface area contributed by atoms with E-state index in [9.17, 15) is 9.59 Å². The van der Waals surface area contributed by atoms with E-state index in [1.807, 2.05) is 26.2 Å². The highest BCUT2D eigenvalue weighted by Crippen LogP contribution is 2.40. The van der Waals surface area contributed by atoms with Gasteiger partial charge in [-0.15, -0.1) is 0 Å². The molecule has 33 heavy (non-hydrogen) atoms. The number of rotatable bonds is 12. The lowest BCUT2D eigenvalue weighted by Gasteiger charge is -2.27. The maximum absolute atomic E-state index is 13.6. The van der Waals surface area contributed by atoms with Gasteiger partial charge in [-0.05, 0) is 69.7 Å². The summed E-state index contributed by atoms with van der Waals surface area (Å²) in [6.45, 7) is 1.78. The summed E-state index contributed by atoms with van der Waals surface area (Å²) in [6, 6.07) is 10.1. The Morgan fingerprint density at radius 3 is 2.39 bits per heavy atom. The van der Waals surface area contributed by atoms with Gasteiger partial charge in [-0.1, -0.05) is 12.1 Å². The fourth-order valence-corrected chi connectivity index (χ4v) is 4.05. The first-order valence-electron chi connectivity index (χ1n) is 11.1. The van der Waals surface area contributed by atoms with Gasteiger partial charge in [-0.2, -0.15) is 0 Å². The molecule has 1 atom stereocenters. The lowest BCUT2D eigenvalue weighted by Crippen LogP contribution is -2.34. The number of carbonyl (C=O) groups excluding carboxylic acids is 2. The van der Waals surface area contributed by atoms with Crippen LogP contribution in [0.5, 0.6) is 17.2 Å². The van der Waals surface area contributed by atoms with Crippen LogP contribution in [-0.4, -0.2) is 69.6 Å². The van der Waals surface area contributed by atoms with Gasteiger partial charge in [-0.3, -0.25) is 14.5 Å². The molecular formula is C25H33N3O5. The molecule has 2 aromatic carbocycles. The first-order chi connectivity index (χ1) is 15.9. The lowest BCUT2D eigenvalue weighted by atomic mass is 9.99. The van der Waals surface area contributed by atoms with E-state index >= 15 is 0 Å². The zero-order chi connectivity index (χ0) is 24.0. The van der Waals surface area contributed by atoms with Gasteiger partial charge in [0.05, 0.1) is 38.0 Å². The van der Waals surface area contributed by atoms with Crippen molar-refractivity contribution >= 4 is 11.8 Å². The summed E-state index contributed by atoms with van der Waals surface area (Å²) in [5.74, 6) is 0.876. The SMILES string of the molecule is COc1ccc(C(CCCN)N2C(=O)c3cccc(OCCCN(C)C)c3C2=O)cc1OC. The van der Waals surface area contributed by atoms with E-state index in [2.05, 4.69) is 4.90 Å². The Kier molecular flexibility index (Phi) is 8.30. The molecule has 1 aliphatic heterocycles. The molecule has 0 saturated carbocycles. The molecule has 2 N–H and O–H groups in total. The minimum absolute atomic E-state index is 0.325. The summed E-state index contributed by atoms with van der Waals surface area (Å²) in [5.41, 5.74) is 7.24. The molecule has 0 aromatic heterocycles. The predicted octanol–water partition coefficient (Wildman–Crippen LogP) is 3.11. The Morgan fingerprint density at radius 1 is 0.970 bits per heavy atom. The summed E-state index contributed by atoms with van der Waals surface area (Å²) in [4.78, 5) is 30.3. The molecule has 8 heteroatoms. The molecule has 3 rings (SSSR count). The zero-order valence-corrected chi connectivity index (χ0v) is 19.8. The number of ether oxygens (including phenoxy) is 3. The zero-order valence-electron chi connectivity index (χ0n) is 19.8. The van der Waals surface area contributed by atoms with Gasteiger partial charge in [0.15, 0.2) is 11.5 Å². The molecule has 1 unspecified atom stereocenters. The van der Waals surface area contributed by atoms with E-state index in [1.54, 1.807) is 38.5 Å². The number of nitrogens with zero attached hydrogens (tertiary/aromatic N) is 2. The fourth-order valence-electron chi connectivity index (χ4n) is 4.05. The number of amides is 2. The van der Waals surface area contributed by atoms with Crippen molar-refractivity contribution < 1.29 is 23.8 Å². The van der Waals surface area contributed by atoms with E-state index in [4.69, 9.17) is 19.9 Å². The van der Waals surface area contributed by atoms with E-state index in [1.165, 1.54) is 4.90 Å².